The van der Waals surface area contributed by atoms with Gasteiger partial charge >= 0.3 is 0 Å². The number of nitrogen functional groups attached to an aromatic ring is 1. The highest BCUT2D eigenvalue weighted by Crippen LogP contribution is 2.31. The third-order valence-corrected chi connectivity index (χ3v) is 5.34. The predicted molar refractivity (Wildman–Crippen MR) is 133 cm³/mol. The Kier molecular flexibility index (Phi) is 12.0. The lowest BCUT2D eigenvalue weighted by Gasteiger charge is -2.05. The van der Waals surface area contributed by atoms with Gasteiger partial charge in [0.2, 0.25) is 0 Å². The average Bonchev–Trinajstić information content (AvgIpc) is 3.24. The summed E-state index contributed by atoms with van der Waals surface area (Å²) in [5.74, 6) is 0. The fourth-order valence-corrected chi connectivity index (χ4v) is 3.63. The molecule has 5 N–H and O–H groups in total. The minimum atomic E-state index is 0.230. The number of thiazole rings is 1. The summed E-state index contributed by atoms with van der Waals surface area (Å²) in [4.78, 5) is 18.6. The molecular weight excluding hydrogens is 406 g/mol. The number of nitrogens with zero attached hydrogens (tertiary/aromatic N) is 2. The molecule has 3 aromatic rings. The van der Waals surface area contributed by atoms with Crippen molar-refractivity contribution >= 4 is 29.0 Å². The number of rotatable bonds is 7. The molecule has 0 fully saturated rings. The first kappa shape index (κ1) is 26.2. The standard InChI is InChI=1S/C17H13N3OS.C6H15N.CH5N/c18-13-9-5-4-8-12(13)15(19)17-20-14(10-21)16(22-17)11-6-2-1-3-7-11;1-4-5-6-7(2)3;1-2/h1-10,19H,18H2;4-6H2,1-3H3;2H2,1H3. The molecule has 6 nitrogen and oxygen atoms in total. The molecule has 0 aliphatic rings. The van der Waals surface area contributed by atoms with Gasteiger partial charge in [-0.05, 0) is 45.7 Å². The first-order chi connectivity index (χ1) is 15.0. The second-order valence-electron chi connectivity index (χ2n) is 6.84. The highest BCUT2D eigenvalue weighted by Gasteiger charge is 2.17. The van der Waals surface area contributed by atoms with Gasteiger partial charge in [-0.15, -0.1) is 11.3 Å². The van der Waals surface area contributed by atoms with Crippen molar-refractivity contribution in [2.45, 2.75) is 19.8 Å². The number of carbonyl (C=O) groups excluding carboxylic acids is 1. The van der Waals surface area contributed by atoms with Gasteiger partial charge in [-0.25, -0.2) is 4.98 Å². The Bertz CT molecular complexity index is 938. The van der Waals surface area contributed by atoms with E-state index in [0.29, 0.717) is 22.0 Å². The Labute approximate surface area is 189 Å². The normalized spacial score (nSPS) is 9.87. The molecule has 7 heteroatoms. The number of aldehydes is 1. The number of benzene rings is 2. The first-order valence-corrected chi connectivity index (χ1v) is 11.0. The Morgan fingerprint density at radius 2 is 1.71 bits per heavy atom. The quantitative estimate of drug-likeness (QED) is 0.284. The monoisotopic (exact) mass is 439 g/mol. The van der Waals surface area contributed by atoms with Crippen LogP contribution in [0.3, 0.4) is 0 Å². The minimum Gasteiger partial charge on any atom is -0.398 e. The summed E-state index contributed by atoms with van der Waals surface area (Å²) in [6.07, 6.45) is 3.36. The van der Waals surface area contributed by atoms with Gasteiger partial charge in [0.1, 0.15) is 10.7 Å². The highest BCUT2D eigenvalue weighted by atomic mass is 32.1. The summed E-state index contributed by atoms with van der Waals surface area (Å²) in [7, 11) is 5.71. The maximum atomic E-state index is 11.3. The van der Waals surface area contributed by atoms with E-state index in [4.69, 9.17) is 11.1 Å². The summed E-state index contributed by atoms with van der Waals surface area (Å²) in [6, 6.07) is 16.7. The fraction of sp³-hybridized carbons (Fsp3) is 0.292. The van der Waals surface area contributed by atoms with Gasteiger partial charge in [-0.3, -0.25) is 10.2 Å². The largest absolute Gasteiger partial charge is 0.398 e. The van der Waals surface area contributed by atoms with Gasteiger partial charge in [0.25, 0.3) is 0 Å². The van der Waals surface area contributed by atoms with Crippen molar-refractivity contribution in [1.29, 1.82) is 5.41 Å². The topological polar surface area (TPSA) is 109 Å². The smallest absolute Gasteiger partial charge is 0.169 e. The van der Waals surface area contributed by atoms with Crippen LogP contribution in [0.25, 0.3) is 10.4 Å². The van der Waals surface area contributed by atoms with Gasteiger partial charge in [0.15, 0.2) is 6.29 Å². The Hall–Kier alpha value is -2.87. The average molecular weight is 440 g/mol. The SMILES string of the molecule is CCCCN(C)C.CN.N=C(c1nc(C=O)c(-c2ccccc2)s1)c1ccccc1N. The van der Waals surface area contributed by atoms with Crippen molar-refractivity contribution in [3.8, 4) is 10.4 Å². The molecular formula is C24H33N5OS. The van der Waals surface area contributed by atoms with Gasteiger partial charge in [-0.1, -0.05) is 61.9 Å². The molecule has 0 amide bonds. The van der Waals surface area contributed by atoms with Crippen LogP contribution >= 0.6 is 11.3 Å². The van der Waals surface area contributed by atoms with Crippen LogP contribution in [0.5, 0.6) is 0 Å². The Morgan fingerprint density at radius 1 is 1.10 bits per heavy atom. The number of aromatic nitrogens is 1. The lowest BCUT2D eigenvalue weighted by Crippen LogP contribution is -2.12. The lowest BCUT2D eigenvalue weighted by molar-refractivity contribution is 0.112. The predicted octanol–water partition coefficient (Wildman–Crippen LogP) is 4.54. The van der Waals surface area contributed by atoms with E-state index in [1.807, 2.05) is 42.5 Å². The number of para-hydroxylation sites is 1. The highest BCUT2D eigenvalue weighted by molar-refractivity contribution is 7.17. The van der Waals surface area contributed by atoms with E-state index in [0.717, 1.165) is 16.7 Å². The molecule has 166 valence electrons. The minimum absolute atomic E-state index is 0.230. The van der Waals surface area contributed by atoms with Crippen molar-refractivity contribution < 1.29 is 4.79 Å². The number of carbonyl (C=O) groups is 1. The Morgan fingerprint density at radius 3 is 2.23 bits per heavy atom. The second kappa shape index (κ2) is 14.2. The zero-order chi connectivity index (χ0) is 23.2. The zero-order valence-corrected chi connectivity index (χ0v) is 19.6. The number of nitrogens with one attached hydrogen (secondary N) is 1. The molecule has 0 spiro atoms. The molecule has 0 radical (unpaired) electrons. The van der Waals surface area contributed by atoms with Crippen molar-refractivity contribution in [2.24, 2.45) is 5.73 Å². The van der Waals surface area contributed by atoms with Crippen LogP contribution in [0.15, 0.2) is 54.6 Å². The van der Waals surface area contributed by atoms with Crippen molar-refractivity contribution in [3.05, 3.63) is 70.9 Å². The van der Waals surface area contributed by atoms with Crippen LogP contribution < -0.4 is 11.5 Å². The Balaban J connectivity index is 0.000000457. The summed E-state index contributed by atoms with van der Waals surface area (Å²) in [6.45, 7) is 3.44. The zero-order valence-electron chi connectivity index (χ0n) is 18.8. The van der Waals surface area contributed by atoms with Crippen molar-refractivity contribution in [2.75, 3.05) is 33.4 Å². The van der Waals surface area contributed by atoms with Crippen LogP contribution in [-0.4, -0.2) is 49.6 Å². The van der Waals surface area contributed by atoms with Crippen molar-refractivity contribution in [3.63, 3.8) is 0 Å². The summed E-state index contributed by atoms with van der Waals surface area (Å²) in [5, 5.41) is 8.80. The fourth-order valence-electron chi connectivity index (χ4n) is 2.63. The van der Waals surface area contributed by atoms with Crippen LogP contribution in [-0.2, 0) is 0 Å². The van der Waals surface area contributed by atoms with E-state index in [9.17, 15) is 4.79 Å². The van der Waals surface area contributed by atoms with E-state index in [-0.39, 0.29) is 5.71 Å². The molecule has 0 saturated heterocycles. The third-order valence-electron chi connectivity index (χ3n) is 4.20. The van der Waals surface area contributed by atoms with Crippen LogP contribution in [0.1, 0.15) is 40.8 Å². The van der Waals surface area contributed by atoms with Crippen molar-refractivity contribution in [1.82, 2.24) is 9.88 Å². The maximum Gasteiger partial charge on any atom is 0.169 e. The summed E-state index contributed by atoms with van der Waals surface area (Å²) in [5.41, 5.74) is 13.1. The number of anilines is 1. The van der Waals surface area contributed by atoms with E-state index >= 15 is 0 Å². The molecule has 1 heterocycles. The first-order valence-electron chi connectivity index (χ1n) is 10.2. The molecule has 0 atom stereocenters. The van der Waals surface area contributed by atoms with Crippen LogP contribution in [0.2, 0.25) is 0 Å². The van der Waals surface area contributed by atoms with Gasteiger partial charge < -0.3 is 16.4 Å². The maximum absolute atomic E-state index is 11.3. The molecule has 0 bridgehead atoms. The summed E-state index contributed by atoms with van der Waals surface area (Å²) >= 11 is 1.33. The molecule has 1 aromatic heterocycles. The van der Waals surface area contributed by atoms with E-state index in [2.05, 4.69) is 36.6 Å². The van der Waals surface area contributed by atoms with E-state index in [1.165, 1.54) is 37.8 Å². The lowest BCUT2D eigenvalue weighted by atomic mass is 10.1. The van der Waals surface area contributed by atoms with E-state index < -0.39 is 0 Å². The van der Waals surface area contributed by atoms with Gasteiger partial charge in [0.05, 0.1) is 10.6 Å². The molecule has 2 aromatic carbocycles. The van der Waals surface area contributed by atoms with Gasteiger partial charge in [-0.2, -0.15) is 0 Å². The molecule has 0 saturated carbocycles. The number of hydrogen-bond acceptors (Lipinski definition) is 7. The number of nitrogens with two attached hydrogens (primary N) is 2. The van der Waals surface area contributed by atoms with E-state index in [1.54, 1.807) is 12.1 Å². The summed E-state index contributed by atoms with van der Waals surface area (Å²) < 4.78 is 0. The number of hydrogen-bond donors (Lipinski definition) is 3. The van der Waals surface area contributed by atoms with Gasteiger partial charge in [0, 0.05) is 11.3 Å². The second-order valence-corrected chi connectivity index (χ2v) is 7.84. The molecule has 0 aliphatic heterocycles. The third kappa shape index (κ3) is 8.05. The number of unbranched alkanes of at least 4 members (excludes halogenated alkanes) is 1. The molecule has 0 aliphatic carbocycles. The van der Waals surface area contributed by atoms with Crippen LogP contribution in [0, 0.1) is 5.41 Å². The molecule has 31 heavy (non-hydrogen) atoms. The van der Waals surface area contributed by atoms with Crippen LogP contribution in [0.4, 0.5) is 5.69 Å². The molecule has 0 unspecified atom stereocenters. The molecule has 3 rings (SSSR count).